The number of amides is 2. The molecule has 0 saturated carbocycles. The summed E-state index contributed by atoms with van der Waals surface area (Å²) in [5.41, 5.74) is -0.00139. The number of benzene rings is 1. The van der Waals surface area contributed by atoms with Crippen LogP contribution in [0.2, 0.25) is 0 Å². The van der Waals surface area contributed by atoms with E-state index in [2.05, 4.69) is 10.6 Å². The van der Waals surface area contributed by atoms with Gasteiger partial charge >= 0.3 is 5.97 Å². The van der Waals surface area contributed by atoms with Gasteiger partial charge in [0, 0.05) is 11.8 Å². The van der Waals surface area contributed by atoms with E-state index in [0.717, 1.165) is 6.07 Å². The van der Waals surface area contributed by atoms with E-state index < -0.39 is 23.7 Å². The second-order valence-corrected chi connectivity index (χ2v) is 5.71. The van der Waals surface area contributed by atoms with Gasteiger partial charge in [-0.2, -0.15) is 0 Å². The molecule has 1 aromatic rings. The standard InChI is InChI=1S/C14H17IN2O5/c1-7(2)12(17-11(19)6-15)13(20)16-8-3-4-9(14(21)22)10(18)5-8/h3-5,7,12,18H,6H2,1-2H3,(H,16,20)(H,17,19)(H,21,22). The number of phenols is 1. The van der Waals surface area contributed by atoms with Crippen molar-refractivity contribution in [2.45, 2.75) is 19.9 Å². The molecule has 120 valence electrons. The molecule has 0 saturated heterocycles. The Labute approximate surface area is 141 Å². The topological polar surface area (TPSA) is 116 Å². The highest BCUT2D eigenvalue weighted by Crippen LogP contribution is 2.22. The molecular formula is C14H17IN2O5. The molecule has 1 rings (SSSR count). The predicted molar refractivity (Wildman–Crippen MR) is 89.4 cm³/mol. The van der Waals surface area contributed by atoms with Crippen LogP contribution in [-0.4, -0.2) is 38.5 Å². The van der Waals surface area contributed by atoms with Gasteiger partial charge in [0.05, 0.1) is 4.43 Å². The van der Waals surface area contributed by atoms with Crippen LogP contribution < -0.4 is 10.6 Å². The first kappa shape index (κ1) is 18.2. The number of nitrogens with one attached hydrogen (secondary N) is 2. The lowest BCUT2D eigenvalue weighted by Gasteiger charge is -2.21. The number of carboxylic acids is 1. The molecule has 0 heterocycles. The molecule has 0 aliphatic heterocycles. The number of halogens is 1. The number of alkyl halides is 1. The fraction of sp³-hybridized carbons (Fsp3) is 0.357. The average Bonchev–Trinajstić information content (AvgIpc) is 2.43. The number of aromatic carboxylic acids is 1. The second-order valence-electron chi connectivity index (χ2n) is 4.95. The van der Waals surface area contributed by atoms with Gasteiger partial charge in [-0.1, -0.05) is 36.4 Å². The lowest BCUT2D eigenvalue weighted by molar-refractivity contribution is -0.125. The summed E-state index contributed by atoms with van der Waals surface area (Å²) in [6.45, 7) is 3.59. The van der Waals surface area contributed by atoms with E-state index >= 15 is 0 Å². The normalized spacial score (nSPS) is 11.8. The summed E-state index contributed by atoms with van der Waals surface area (Å²) < 4.78 is 0.238. The van der Waals surface area contributed by atoms with Crippen LogP contribution in [0.15, 0.2) is 18.2 Å². The van der Waals surface area contributed by atoms with E-state index in [-0.39, 0.29) is 27.5 Å². The molecule has 2 amide bonds. The first-order valence-electron chi connectivity index (χ1n) is 6.48. The molecule has 0 radical (unpaired) electrons. The predicted octanol–water partition coefficient (Wildman–Crippen LogP) is 1.60. The third-order valence-corrected chi connectivity index (χ3v) is 3.58. The Hall–Kier alpha value is -1.84. The SMILES string of the molecule is CC(C)C(NC(=O)CI)C(=O)Nc1ccc(C(=O)O)c(O)c1. The van der Waals surface area contributed by atoms with Crippen LogP contribution in [0.5, 0.6) is 5.75 Å². The largest absolute Gasteiger partial charge is 0.507 e. The maximum atomic E-state index is 12.2. The zero-order valence-corrected chi connectivity index (χ0v) is 14.2. The minimum atomic E-state index is -1.26. The van der Waals surface area contributed by atoms with Crippen molar-refractivity contribution in [1.29, 1.82) is 0 Å². The number of carbonyl (C=O) groups excluding carboxylic acids is 2. The Bertz CT molecular complexity index is 589. The third-order valence-electron chi connectivity index (χ3n) is 2.88. The molecule has 0 fully saturated rings. The maximum Gasteiger partial charge on any atom is 0.339 e. The fourth-order valence-corrected chi connectivity index (χ4v) is 1.98. The van der Waals surface area contributed by atoms with Crippen LogP contribution in [0.4, 0.5) is 5.69 Å². The molecule has 1 unspecified atom stereocenters. The van der Waals surface area contributed by atoms with E-state index in [0.29, 0.717) is 0 Å². The molecule has 0 spiro atoms. The maximum absolute atomic E-state index is 12.2. The van der Waals surface area contributed by atoms with Gasteiger partial charge in [0.2, 0.25) is 11.8 Å². The summed E-state index contributed by atoms with van der Waals surface area (Å²) in [5, 5.41) is 23.6. The van der Waals surface area contributed by atoms with Gasteiger partial charge in [-0.05, 0) is 18.1 Å². The molecule has 4 N–H and O–H groups in total. The van der Waals surface area contributed by atoms with Crippen molar-refractivity contribution in [3.63, 3.8) is 0 Å². The minimum absolute atomic E-state index is 0.126. The fourth-order valence-electron chi connectivity index (χ4n) is 1.76. The summed E-state index contributed by atoms with van der Waals surface area (Å²) >= 11 is 1.90. The van der Waals surface area contributed by atoms with Crippen molar-refractivity contribution in [2.75, 3.05) is 9.74 Å². The summed E-state index contributed by atoms with van der Waals surface area (Å²) in [6.07, 6.45) is 0. The lowest BCUT2D eigenvalue weighted by atomic mass is 10.0. The molecule has 8 heteroatoms. The first-order chi connectivity index (χ1) is 10.3. The molecule has 7 nitrogen and oxygen atoms in total. The minimum Gasteiger partial charge on any atom is -0.507 e. The Balaban J connectivity index is 2.87. The van der Waals surface area contributed by atoms with E-state index in [1.54, 1.807) is 13.8 Å². The molecule has 0 bridgehead atoms. The zero-order chi connectivity index (χ0) is 16.9. The van der Waals surface area contributed by atoms with Crippen molar-refractivity contribution in [1.82, 2.24) is 5.32 Å². The molecule has 22 heavy (non-hydrogen) atoms. The van der Waals surface area contributed by atoms with Crippen molar-refractivity contribution in [3.8, 4) is 5.75 Å². The monoisotopic (exact) mass is 420 g/mol. The van der Waals surface area contributed by atoms with E-state index in [9.17, 15) is 19.5 Å². The molecule has 1 atom stereocenters. The number of hydrogen-bond acceptors (Lipinski definition) is 4. The van der Waals surface area contributed by atoms with Gasteiger partial charge in [-0.25, -0.2) is 4.79 Å². The summed E-state index contributed by atoms with van der Waals surface area (Å²) in [4.78, 5) is 34.5. The molecule has 0 aliphatic carbocycles. The smallest absolute Gasteiger partial charge is 0.339 e. The van der Waals surface area contributed by atoms with Gasteiger partial charge in [-0.3, -0.25) is 9.59 Å². The quantitative estimate of drug-likeness (QED) is 0.412. The molecule has 0 aromatic heterocycles. The first-order valence-corrected chi connectivity index (χ1v) is 8.01. The molecular weight excluding hydrogens is 403 g/mol. The Morgan fingerprint density at radius 2 is 1.91 bits per heavy atom. The van der Waals surface area contributed by atoms with Gasteiger partial charge in [0.25, 0.3) is 0 Å². The number of rotatable bonds is 6. The number of aromatic hydroxyl groups is 1. The van der Waals surface area contributed by atoms with E-state index in [4.69, 9.17) is 5.11 Å². The van der Waals surface area contributed by atoms with Gasteiger partial charge in [0.1, 0.15) is 17.4 Å². The third kappa shape index (κ3) is 4.86. The number of carbonyl (C=O) groups is 3. The van der Waals surface area contributed by atoms with Crippen LogP contribution in [0.3, 0.4) is 0 Å². The van der Waals surface area contributed by atoms with Crippen molar-refractivity contribution in [3.05, 3.63) is 23.8 Å². The van der Waals surface area contributed by atoms with Crippen molar-refractivity contribution in [2.24, 2.45) is 5.92 Å². The average molecular weight is 420 g/mol. The summed E-state index contributed by atoms with van der Waals surface area (Å²) in [5.74, 6) is -2.51. The highest BCUT2D eigenvalue weighted by Gasteiger charge is 2.24. The molecule has 1 aromatic carbocycles. The van der Waals surface area contributed by atoms with Gasteiger partial charge in [-0.15, -0.1) is 0 Å². The summed E-state index contributed by atoms with van der Waals surface area (Å²) in [6, 6.07) is 3.00. The van der Waals surface area contributed by atoms with Crippen LogP contribution in [0.25, 0.3) is 0 Å². The van der Waals surface area contributed by atoms with Crippen LogP contribution in [-0.2, 0) is 9.59 Å². The van der Waals surface area contributed by atoms with Crippen LogP contribution >= 0.6 is 22.6 Å². The summed E-state index contributed by atoms with van der Waals surface area (Å²) in [7, 11) is 0. The van der Waals surface area contributed by atoms with Crippen molar-refractivity contribution >= 4 is 46.1 Å². The zero-order valence-electron chi connectivity index (χ0n) is 12.1. The molecule has 0 aliphatic rings. The van der Waals surface area contributed by atoms with Gasteiger partial charge < -0.3 is 20.8 Å². The Morgan fingerprint density at radius 3 is 2.36 bits per heavy atom. The number of carboxylic acid groups (broad SMARTS) is 1. The lowest BCUT2D eigenvalue weighted by Crippen LogP contribution is -2.47. The van der Waals surface area contributed by atoms with E-state index in [1.165, 1.54) is 12.1 Å². The number of anilines is 1. The Morgan fingerprint density at radius 1 is 1.27 bits per heavy atom. The highest BCUT2D eigenvalue weighted by molar-refractivity contribution is 14.1. The highest BCUT2D eigenvalue weighted by atomic mass is 127. The van der Waals surface area contributed by atoms with Crippen molar-refractivity contribution < 1.29 is 24.6 Å². The number of hydrogen-bond donors (Lipinski definition) is 4. The second kappa shape index (κ2) is 7.97. The van der Waals surface area contributed by atoms with Crippen LogP contribution in [0.1, 0.15) is 24.2 Å². The van der Waals surface area contributed by atoms with E-state index in [1.807, 2.05) is 22.6 Å². The van der Waals surface area contributed by atoms with Crippen LogP contribution in [0, 0.1) is 5.92 Å². The van der Waals surface area contributed by atoms with Gasteiger partial charge in [0.15, 0.2) is 0 Å². The Kier molecular flexibility index (Phi) is 6.60.